The summed E-state index contributed by atoms with van der Waals surface area (Å²) in [6.45, 7) is 2.16. The van der Waals surface area contributed by atoms with Crippen LogP contribution in [0.25, 0.3) is 0 Å². The zero-order valence-corrected chi connectivity index (χ0v) is 10.2. The Morgan fingerprint density at radius 2 is 2.23 bits per heavy atom. The maximum atomic E-state index is 5.28. The van der Waals surface area contributed by atoms with Gasteiger partial charge in [-0.05, 0) is 17.9 Å². The van der Waals surface area contributed by atoms with Crippen LogP contribution in [0, 0.1) is 0 Å². The van der Waals surface area contributed by atoms with E-state index in [0.29, 0.717) is 0 Å². The van der Waals surface area contributed by atoms with Gasteiger partial charge in [-0.3, -0.25) is 0 Å². The van der Waals surface area contributed by atoms with Crippen LogP contribution in [-0.4, -0.2) is 12.9 Å². The molecule has 1 aromatic rings. The fraction of sp³-hybridized carbons (Fsp3) is 0.400. The van der Waals surface area contributed by atoms with Gasteiger partial charge < -0.3 is 4.74 Å². The first-order chi connectivity index (χ1) is 6.27. The molecule has 1 aromatic carbocycles. The standard InChI is InChI=1S/C10H13BrOS/c1-3-13-7-8-4-5-9(11)6-10(8)12-2/h4-6H,3,7H2,1-2H3. The molecular formula is C10H13BrOS. The predicted molar refractivity (Wildman–Crippen MR) is 62.5 cm³/mol. The lowest BCUT2D eigenvalue weighted by Crippen LogP contribution is -1.90. The molecule has 0 saturated carbocycles. The van der Waals surface area contributed by atoms with E-state index >= 15 is 0 Å². The number of hydrogen-bond acceptors (Lipinski definition) is 2. The van der Waals surface area contributed by atoms with Gasteiger partial charge in [0, 0.05) is 15.8 Å². The van der Waals surface area contributed by atoms with Gasteiger partial charge in [0.05, 0.1) is 7.11 Å². The minimum Gasteiger partial charge on any atom is -0.496 e. The molecule has 0 aromatic heterocycles. The van der Waals surface area contributed by atoms with Gasteiger partial charge >= 0.3 is 0 Å². The van der Waals surface area contributed by atoms with Crippen LogP contribution < -0.4 is 4.74 Å². The third-order valence-corrected chi connectivity index (χ3v) is 3.13. The van der Waals surface area contributed by atoms with E-state index in [-0.39, 0.29) is 0 Å². The van der Waals surface area contributed by atoms with Gasteiger partial charge in [0.25, 0.3) is 0 Å². The van der Waals surface area contributed by atoms with Crippen LogP contribution in [0.2, 0.25) is 0 Å². The monoisotopic (exact) mass is 260 g/mol. The molecule has 0 aliphatic carbocycles. The second kappa shape index (κ2) is 5.55. The van der Waals surface area contributed by atoms with E-state index in [2.05, 4.69) is 28.9 Å². The second-order valence-corrected chi connectivity index (χ2v) is 4.78. The predicted octanol–water partition coefficient (Wildman–Crippen LogP) is 3.71. The summed E-state index contributed by atoms with van der Waals surface area (Å²) in [4.78, 5) is 0. The molecular weight excluding hydrogens is 248 g/mol. The van der Waals surface area contributed by atoms with Crippen LogP contribution in [0.15, 0.2) is 22.7 Å². The number of rotatable bonds is 4. The normalized spacial score (nSPS) is 10.1. The highest BCUT2D eigenvalue weighted by molar-refractivity contribution is 9.10. The molecule has 0 fully saturated rings. The summed E-state index contributed by atoms with van der Waals surface area (Å²) in [5, 5.41) is 0. The van der Waals surface area contributed by atoms with Crippen molar-refractivity contribution >= 4 is 27.7 Å². The minimum atomic E-state index is 0.968. The van der Waals surface area contributed by atoms with Crippen molar-refractivity contribution in [3.05, 3.63) is 28.2 Å². The lowest BCUT2D eigenvalue weighted by atomic mass is 10.2. The summed E-state index contributed by atoms with van der Waals surface area (Å²) in [5.74, 6) is 3.13. The molecule has 1 nitrogen and oxygen atoms in total. The zero-order valence-electron chi connectivity index (χ0n) is 7.84. The Kier molecular flexibility index (Phi) is 4.67. The summed E-state index contributed by atoms with van der Waals surface area (Å²) in [6.07, 6.45) is 0. The number of halogens is 1. The van der Waals surface area contributed by atoms with Crippen LogP contribution in [0.1, 0.15) is 12.5 Å². The molecule has 0 N–H and O–H groups in total. The molecule has 3 heteroatoms. The lowest BCUT2D eigenvalue weighted by Gasteiger charge is -2.07. The largest absolute Gasteiger partial charge is 0.496 e. The van der Waals surface area contributed by atoms with Gasteiger partial charge in [-0.25, -0.2) is 0 Å². The van der Waals surface area contributed by atoms with Crippen molar-refractivity contribution in [1.82, 2.24) is 0 Å². The fourth-order valence-corrected chi connectivity index (χ4v) is 2.05. The molecule has 13 heavy (non-hydrogen) atoms. The van der Waals surface area contributed by atoms with E-state index in [9.17, 15) is 0 Å². The number of thioether (sulfide) groups is 1. The smallest absolute Gasteiger partial charge is 0.124 e. The number of methoxy groups -OCH3 is 1. The van der Waals surface area contributed by atoms with Gasteiger partial charge in [0.2, 0.25) is 0 Å². The Morgan fingerprint density at radius 1 is 1.46 bits per heavy atom. The van der Waals surface area contributed by atoms with Crippen molar-refractivity contribution in [2.75, 3.05) is 12.9 Å². The molecule has 0 bridgehead atoms. The Bertz CT molecular complexity index is 276. The lowest BCUT2D eigenvalue weighted by molar-refractivity contribution is 0.411. The van der Waals surface area contributed by atoms with E-state index in [1.807, 2.05) is 23.9 Å². The van der Waals surface area contributed by atoms with Crippen LogP contribution in [0.5, 0.6) is 5.75 Å². The van der Waals surface area contributed by atoms with E-state index in [4.69, 9.17) is 4.74 Å². The van der Waals surface area contributed by atoms with E-state index < -0.39 is 0 Å². The summed E-state index contributed by atoms with van der Waals surface area (Å²) < 4.78 is 6.34. The summed E-state index contributed by atoms with van der Waals surface area (Å²) in [5.41, 5.74) is 1.26. The molecule has 0 aliphatic heterocycles. The van der Waals surface area contributed by atoms with Gasteiger partial charge in [-0.15, -0.1) is 0 Å². The Hall–Kier alpha value is -0.150. The molecule has 72 valence electrons. The fourth-order valence-electron chi connectivity index (χ4n) is 1.05. The van der Waals surface area contributed by atoms with Crippen molar-refractivity contribution in [1.29, 1.82) is 0 Å². The molecule has 0 atom stereocenters. The summed E-state index contributed by atoms with van der Waals surface area (Å²) >= 11 is 5.32. The molecule has 0 amide bonds. The first-order valence-electron chi connectivity index (χ1n) is 4.18. The van der Waals surface area contributed by atoms with Crippen LogP contribution in [-0.2, 0) is 5.75 Å². The average Bonchev–Trinajstić information content (AvgIpc) is 2.16. The zero-order chi connectivity index (χ0) is 9.68. The third-order valence-electron chi connectivity index (χ3n) is 1.71. The quantitative estimate of drug-likeness (QED) is 0.817. The molecule has 0 spiro atoms. The van der Waals surface area contributed by atoms with Gasteiger partial charge in [0.1, 0.15) is 5.75 Å². The van der Waals surface area contributed by atoms with Crippen LogP contribution in [0.3, 0.4) is 0 Å². The molecule has 0 heterocycles. The highest BCUT2D eigenvalue weighted by atomic mass is 79.9. The summed E-state index contributed by atoms with van der Waals surface area (Å²) in [6, 6.07) is 6.16. The second-order valence-electron chi connectivity index (χ2n) is 2.59. The maximum Gasteiger partial charge on any atom is 0.124 e. The number of hydrogen-bond donors (Lipinski definition) is 0. The summed E-state index contributed by atoms with van der Waals surface area (Å²) in [7, 11) is 1.71. The maximum absolute atomic E-state index is 5.28. The van der Waals surface area contributed by atoms with Crippen LogP contribution >= 0.6 is 27.7 Å². The first-order valence-corrected chi connectivity index (χ1v) is 6.13. The number of benzene rings is 1. The molecule has 0 unspecified atom stereocenters. The van der Waals surface area contributed by atoms with Crippen molar-refractivity contribution in [2.24, 2.45) is 0 Å². The Balaban J connectivity index is 2.79. The van der Waals surface area contributed by atoms with Gasteiger partial charge in [0.15, 0.2) is 0 Å². The van der Waals surface area contributed by atoms with Gasteiger partial charge in [-0.2, -0.15) is 11.8 Å². The van der Waals surface area contributed by atoms with E-state index in [0.717, 1.165) is 21.7 Å². The first kappa shape index (κ1) is 10.9. The molecule has 0 radical (unpaired) electrons. The van der Waals surface area contributed by atoms with Crippen molar-refractivity contribution in [3.63, 3.8) is 0 Å². The van der Waals surface area contributed by atoms with E-state index in [1.165, 1.54) is 5.56 Å². The topological polar surface area (TPSA) is 9.23 Å². The van der Waals surface area contributed by atoms with Crippen molar-refractivity contribution < 1.29 is 4.74 Å². The minimum absolute atomic E-state index is 0.968. The van der Waals surface area contributed by atoms with E-state index in [1.54, 1.807) is 7.11 Å². The molecule has 1 rings (SSSR count). The molecule has 0 saturated heterocycles. The Labute approximate surface area is 92.0 Å². The Morgan fingerprint density at radius 3 is 2.85 bits per heavy atom. The SMILES string of the molecule is CCSCc1ccc(Br)cc1OC. The number of ether oxygens (including phenoxy) is 1. The van der Waals surface area contributed by atoms with Crippen molar-refractivity contribution in [2.45, 2.75) is 12.7 Å². The van der Waals surface area contributed by atoms with Gasteiger partial charge in [-0.1, -0.05) is 28.9 Å². The average molecular weight is 261 g/mol. The van der Waals surface area contributed by atoms with Crippen LogP contribution in [0.4, 0.5) is 0 Å². The van der Waals surface area contributed by atoms with Crippen molar-refractivity contribution in [3.8, 4) is 5.75 Å². The third kappa shape index (κ3) is 3.24. The highest BCUT2D eigenvalue weighted by Gasteiger charge is 2.02. The molecule has 0 aliphatic rings. The highest BCUT2D eigenvalue weighted by Crippen LogP contribution is 2.26.